The van der Waals surface area contributed by atoms with E-state index in [1.807, 2.05) is 0 Å². The second-order valence-corrected chi connectivity index (χ2v) is 5.56. The Labute approximate surface area is 135 Å². The van der Waals surface area contributed by atoms with Crippen molar-refractivity contribution in [2.24, 2.45) is 0 Å². The smallest absolute Gasteiger partial charge is 0.253 e. The fourth-order valence-corrected chi connectivity index (χ4v) is 2.47. The predicted molar refractivity (Wildman–Crippen MR) is 86.6 cm³/mol. The molecule has 0 spiro atoms. The molecule has 0 aliphatic carbocycles. The lowest BCUT2D eigenvalue weighted by Crippen LogP contribution is -2.16. The molecular weight excluding hydrogens is 328 g/mol. The molecule has 7 nitrogen and oxygen atoms in total. The zero-order valence-electron chi connectivity index (χ0n) is 11.6. The van der Waals surface area contributed by atoms with Gasteiger partial charge in [-0.05, 0) is 18.2 Å². The van der Waals surface area contributed by atoms with Gasteiger partial charge in [-0.15, -0.1) is 0 Å². The molecule has 0 saturated heterocycles. The van der Waals surface area contributed by atoms with Crippen molar-refractivity contribution in [3.8, 4) is 5.75 Å². The van der Waals surface area contributed by atoms with Crippen LogP contribution >= 0.6 is 23.4 Å². The van der Waals surface area contributed by atoms with Crippen LogP contribution in [0.1, 0.15) is 0 Å². The number of amides is 1. The van der Waals surface area contributed by atoms with E-state index in [0.717, 1.165) is 11.8 Å². The summed E-state index contributed by atoms with van der Waals surface area (Å²) in [6.07, 6.45) is 0. The van der Waals surface area contributed by atoms with E-state index in [1.165, 1.54) is 13.2 Å². The molecule has 1 amide bonds. The van der Waals surface area contributed by atoms with E-state index in [9.17, 15) is 9.59 Å². The van der Waals surface area contributed by atoms with Crippen LogP contribution in [-0.4, -0.2) is 28.7 Å². The number of carbonyl (C=O) groups is 1. The Morgan fingerprint density at radius 2 is 2.27 bits per heavy atom. The average Bonchev–Trinajstić information content (AvgIpc) is 2.44. The first-order chi connectivity index (χ1) is 10.5. The normalized spacial score (nSPS) is 10.3. The zero-order valence-corrected chi connectivity index (χ0v) is 13.1. The van der Waals surface area contributed by atoms with Crippen LogP contribution < -0.4 is 21.3 Å². The summed E-state index contributed by atoms with van der Waals surface area (Å²) >= 11 is 6.95. The van der Waals surface area contributed by atoms with E-state index in [0.29, 0.717) is 16.5 Å². The van der Waals surface area contributed by atoms with Gasteiger partial charge in [-0.1, -0.05) is 23.4 Å². The van der Waals surface area contributed by atoms with Gasteiger partial charge in [0.15, 0.2) is 5.16 Å². The molecule has 0 aliphatic heterocycles. The van der Waals surface area contributed by atoms with E-state index >= 15 is 0 Å². The minimum absolute atomic E-state index is 0.0437. The van der Waals surface area contributed by atoms with Crippen LogP contribution in [0.25, 0.3) is 0 Å². The molecule has 0 bridgehead atoms. The van der Waals surface area contributed by atoms with Gasteiger partial charge >= 0.3 is 0 Å². The molecule has 4 N–H and O–H groups in total. The van der Waals surface area contributed by atoms with Gasteiger partial charge in [-0.2, -0.15) is 0 Å². The maximum Gasteiger partial charge on any atom is 0.253 e. The molecular formula is C13H13ClN4O3S. The molecule has 0 aliphatic rings. The highest BCUT2D eigenvalue weighted by Gasteiger charge is 2.10. The maximum absolute atomic E-state index is 12.0. The van der Waals surface area contributed by atoms with Crippen molar-refractivity contribution in [1.82, 2.24) is 9.97 Å². The van der Waals surface area contributed by atoms with Crippen LogP contribution in [0.2, 0.25) is 5.02 Å². The summed E-state index contributed by atoms with van der Waals surface area (Å²) in [6, 6.07) is 6.07. The Morgan fingerprint density at radius 1 is 1.50 bits per heavy atom. The van der Waals surface area contributed by atoms with Crippen LogP contribution in [0.15, 0.2) is 34.2 Å². The molecule has 0 radical (unpaired) electrons. The standard InChI is InChI=1S/C13H13ClN4O3S/c1-21-9-3-2-7(14)4-8(9)16-12(20)6-22-13-17-10(15)5-11(19)18-13/h2-5H,6H2,1H3,(H,16,20)(H3,15,17,18,19). The van der Waals surface area contributed by atoms with Crippen molar-refractivity contribution in [3.63, 3.8) is 0 Å². The number of nitrogens with two attached hydrogens (primary N) is 1. The van der Waals surface area contributed by atoms with Gasteiger partial charge in [-0.3, -0.25) is 9.59 Å². The Balaban J connectivity index is 2.01. The molecule has 0 unspecified atom stereocenters. The molecule has 2 aromatic rings. The third-order valence-corrected chi connectivity index (χ3v) is 3.62. The van der Waals surface area contributed by atoms with Gasteiger partial charge in [-0.25, -0.2) is 4.98 Å². The maximum atomic E-state index is 12.0. The van der Waals surface area contributed by atoms with Crippen molar-refractivity contribution in [1.29, 1.82) is 0 Å². The minimum atomic E-state index is -0.369. The number of hydrogen-bond acceptors (Lipinski definition) is 6. The van der Waals surface area contributed by atoms with E-state index in [1.54, 1.807) is 18.2 Å². The number of hydrogen-bond donors (Lipinski definition) is 3. The van der Waals surface area contributed by atoms with Gasteiger partial charge in [0.25, 0.3) is 5.56 Å². The van der Waals surface area contributed by atoms with Crippen molar-refractivity contribution >= 4 is 40.8 Å². The number of benzene rings is 1. The monoisotopic (exact) mass is 340 g/mol. The van der Waals surface area contributed by atoms with Gasteiger partial charge < -0.3 is 20.8 Å². The molecule has 1 heterocycles. The Kier molecular flexibility index (Phi) is 5.29. The van der Waals surface area contributed by atoms with Gasteiger partial charge in [0.2, 0.25) is 5.91 Å². The summed E-state index contributed by atoms with van der Waals surface area (Å²) in [6.45, 7) is 0. The molecule has 0 saturated carbocycles. The van der Waals surface area contributed by atoms with E-state index in [2.05, 4.69) is 15.3 Å². The number of ether oxygens (including phenoxy) is 1. The zero-order chi connectivity index (χ0) is 16.1. The molecule has 2 rings (SSSR count). The van der Waals surface area contributed by atoms with E-state index in [-0.39, 0.29) is 28.2 Å². The van der Waals surface area contributed by atoms with Gasteiger partial charge in [0.1, 0.15) is 11.6 Å². The quantitative estimate of drug-likeness (QED) is 0.565. The number of aromatic amines is 1. The number of rotatable bonds is 5. The molecule has 0 atom stereocenters. The van der Waals surface area contributed by atoms with Crippen molar-refractivity contribution in [2.75, 3.05) is 23.9 Å². The number of anilines is 2. The van der Waals surface area contributed by atoms with Crippen molar-refractivity contribution < 1.29 is 9.53 Å². The van der Waals surface area contributed by atoms with E-state index in [4.69, 9.17) is 22.1 Å². The average molecular weight is 341 g/mol. The summed E-state index contributed by atoms with van der Waals surface area (Å²) in [5.41, 5.74) is 5.57. The second-order valence-electron chi connectivity index (χ2n) is 4.16. The van der Waals surface area contributed by atoms with Crippen LogP contribution in [0.3, 0.4) is 0 Å². The SMILES string of the molecule is COc1ccc(Cl)cc1NC(=O)CSc1nc(N)cc(=O)[nH]1. The highest BCUT2D eigenvalue weighted by atomic mass is 35.5. The van der Waals surface area contributed by atoms with Gasteiger partial charge in [0, 0.05) is 11.1 Å². The molecule has 0 fully saturated rings. The summed E-state index contributed by atoms with van der Waals surface area (Å²) in [4.78, 5) is 29.6. The van der Waals surface area contributed by atoms with Gasteiger partial charge in [0.05, 0.1) is 18.6 Å². The Morgan fingerprint density at radius 3 is 2.95 bits per heavy atom. The molecule has 1 aromatic heterocycles. The number of carbonyl (C=O) groups excluding carboxylic acids is 1. The number of aromatic nitrogens is 2. The second kappa shape index (κ2) is 7.19. The van der Waals surface area contributed by atoms with Crippen LogP contribution in [0.5, 0.6) is 5.75 Å². The fraction of sp³-hybridized carbons (Fsp3) is 0.154. The lowest BCUT2D eigenvalue weighted by Gasteiger charge is -2.10. The minimum Gasteiger partial charge on any atom is -0.495 e. The molecule has 116 valence electrons. The highest BCUT2D eigenvalue weighted by molar-refractivity contribution is 7.99. The summed E-state index contributed by atoms with van der Waals surface area (Å²) in [5, 5.41) is 3.44. The molecule has 1 aromatic carbocycles. The Bertz CT molecular complexity index is 750. The van der Waals surface area contributed by atoms with Crippen molar-refractivity contribution in [3.05, 3.63) is 39.6 Å². The number of nitrogen functional groups attached to an aromatic ring is 1. The number of thioether (sulfide) groups is 1. The van der Waals surface area contributed by atoms with E-state index < -0.39 is 0 Å². The number of halogens is 1. The predicted octanol–water partition coefficient (Wildman–Crippen LogP) is 1.74. The third-order valence-electron chi connectivity index (χ3n) is 2.52. The Hall–Kier alpha value is -2.19. The third kappa shape index (κ3) is 4.40. The highest BCUT2D eigenvalue weighted by Crippen LogP contribution is 2.27. The topological polar surface area (TPSA) is 110 Å². The van der Waals surface area contributed by atoms with Crippen LogP contribution in [0, 0.1) is 0 Å². The van der Waals surface area contributed by atoms with Crippen LogP contribution in [0.4, 0.5) is 11.5 Å². The lowest BCUT2D eigenvalue weighted by atomic mass is 10.3. The summed E-state index contributed by atoms with van der Waals surface area (Å²) in [5.74, 6) is 0.347. The first kappa shape index (κ1) is 16.2. The largest absolute Gasteiger partial charge is 0.495 e. The first-order valence-electron chi connectivity index (χ1n) is 6.11. The fourth-order valence-electron chi connectivity index (χ4n) is 1.62. The lowest BCUT2D eigenvalue weighted by molar-refractivity contribution is -0.113. The molecule has 22 heavy (non-hydrogen) atoms. The summed E-state index contributed by atoms with van der Waals surface area (Å²) < 4.78 is 5.14. The number of methoxy groups -OCH3 is 1. The van der Waals surface area contributed by atoms with Crippen molar-refractivity contribution in [2.45, 2.75) is 5.16 Å². The number of nitrogens with zero attached hydrogens (tertiary/aromatic N) is 1. The number of nitrogens with one attached hydrogen (secondary N) is 2. The molecule has 9 heteroatoms. The van der Waals surface area contributed by atoms with Crippen LogP contribution in [-0.2, 0) is 4.79 Å². The first-order valence-corrected chi connectivity index (χ1v) is 7.47. The summed E-state index contributed by atoms with van der Waals surface area (Å²) in [7, 11) is 1.50. The number of H-pyrrole nitrogens is 1.